The van der Waals surface area contributed by atoms with Crippen molar-refractivity contribution in [3.8, 4) is 0 Å². The molecule has 0 aliphatic rings. The second kappa shape index (κ2) is 9.38. The standard InChI is InChI=1S/C18H18BrN7OS/c1-12-5-7-15(8-6-12)22-16(27)11-28-18-25-24-17(26(18)20)23-21-10-13-3-2-4-14(19)9-13/h2-10H,11,20H2,1H3,(H,22,27)(H,23,24)/b21-10+. The molecule has 144 valence electrons. The predicted molar refractivity (Wildman–Crippen MR) is 116 cm³/mol. The Labute approximate surface area is 174 Å². The van der Waals surface area contributed by atoms with Crippen LogP contribution in [-0.4, -0.2) is 32.7 Å². The van der Waals surface area contributed by atoms with Gasteiger partial charge in [-0.2, -0.15) is 5.10 Å². The summed E-state index contributed by atoms with van der Waals surface area (Å²) in [5.41, 5.74) is 5.52. The molecule has 2 aromatic carbocycles. The van der Waals surface area contributed by atoms with Crippen molar-refractivity contribution in [3.05, 3.63) is 64.1 Å². The van der Waals surface area contributed by atoms with Crippen LogP contribution in [0.4, 0.5) is 11.6 Å². The summed E-state index contributed by atoms with van der Waals surface area (Å²) >= 11 is 4.59. The van der Waals surface area contributed by atoms with Crippen LogP contribution in [0.3, 0.4) is 0 Å². The van der Waals surface area contributed by atoms with Gasteiger partial charge < -0.3 is 11.2 Å². The Morgan fingerprint density at radius 1 is 1.29 bits per heavy atom. The number of carbonyl (C=O) groups excluding carboxylic acids is 1. The van der Waals surface area contributed by atoms with Gasteiger partial charge in [0.1, 0.15) is 0 Å². The number of hydrogen-bond acceptors (Lipinski definition) is 7. The number of hydrogen-bond donors (Lipinski definition) is 3. The van der Waals surface area contributed by atoms with Gasteiger partial charge in [0.25, 0.3) is 5.95 Å². The summed E-state index contributed by atoms with van der Waals surface area (Å²) in [4.78, 5) is 12.1. The number of aryl methyl sites for hydroxylation is 1. The topological polar surface area (TPSA) is 110 Å². The number of thioether (sulfide) groups is 1. The van der Waals surface area contributed by atoms with Crippen LogP contribution >= 0.6 is 27.7 Å². The summed E-state index contributed by atoms with van der Waals surface area (Å²) < 4.78 is 2.21. The van der Waals surface area contributed by atoms with Crippen molar-refractivity contribution in [2.24, 2.45) is 5.10 Å². The Balaban J connectivity index is 1.52. The minimum absolute atomic E-state index is 0.154. The fraction of sp³-hybridized carbons (Fsp3) is 0.111. The summed E-state index contributed by atoms with van der Waals surface area (Å²) in [5.74, 6) is 6.23. The van der Waals surface area contributed by atoms with E-state index in [9.17, 15) is 4.79 Å². The summed E-state index contributed by atoms with van der Waals surface area (Å²) in [6.07, 6.45) is 1.64. The third-order valence-electron chi connectivity index (χ3n) is 3.56. The summed E-state index contributed by atoms with van der Waals surface area (Å²) in [6, 6.07) is 15.3. The SMILES string of the molecule is Cc1ccc(NC(=O)CSc2nnc(N/N=C/c3cccc(Br)c3)n2N)cc1. The normalized spacial score (nSPS) is 10.9. The molecule has 1 aromatic heterocycles. The Morgan fingerprint density at radius 2 is 2.07 bits per heavy atom. The minimum atomic E-state index is -0.154. The van der Waals surface area contributed by atoms with Gasteiger partial charge in [-0.1, -0.05) is 57.5 Å². The van der Waals surface area contributed by atoms with Crippen LogP contribution in [-0.2, 0) is 4.79 Å². The van der Waals surface area contributed by atoms with Crippen LogP contribution in [0.25, 0.3) is 0 Å². The molecule has 0 atom stereocenters. The zero-order valence-corrected chi connectivity index (χ0v) is 17.4. The average molecular weight is 460 g/mol. The van der Waals surface area contributed by atoms with E-state index in [1.807, 2.05) is 55.5 Å². The van der Waals surface area contributed by atoms with Crippen molar-refractivity contribution in [1.29, 1.82) is 0 Å². The fourth-order valence-corrected chi connectivity index (χ4v) is 3.24. The number of amides is 1. The Morgan fingerprint density at radius 3 is 2.82 bits per heavy atom. The van der Waals surface area contributed by atoms with Crippen LogP contribution in [0.5, 0.6) is 0 Å². The van der Waals surface area contributed by atoms with Crippen molar-refractivity contribution in [3.63, 3.8) is 0 Å². The van der Waals surface area contributed by atoms with E-state index in [0.717, 1.165) is 21.3 Å². The van der Waals surface area contributed by atoms with Gasteiger partial charge in [0, 0.05) is 10.2 Å². The second-order valence-electron chi connectivity index (χ2n) is 5.80. The lowest BCUT2D eigenvalue weighted by molar-refractivity contribution is -0.113. The maximum atomic E-state index is 12.1. The molecule has 1 heterocycles. The number of hydrazone groups is 1. The number of nitrogens with two attached hydrogens (primary N) is 1. The number of nitrogens with zero attached hydrogens (tertiary/aromatic N) is 4. The molecule has 0 radical (unpaired) electrons. The number of rotatable bonds is 7. The molecule has 0 aliphatic carbocycles. The van der Waals surface area contributed by atoms with Crippen LogP contribution in [0.15, 0.2) is 63.3 Å². The molecule has 8 nitrogen and oxygen atoms in total. The third kappa shape index (κ3) is 5.57. The number of nitrogens with one attached hydrogen (secondary N) is 2. The molecule has 0 fully saturated rings. The molecule has 3 aromatic rings. The lowest BCUT2D eigenvalue weighted by atomic mass is 10.2. The molecule has 4 N–H and O–H groups in total. The summed E-state index contributed by atoms with van der Waals surface area (Å²) in [6.45, 7) is 1.99. The highest BCUT2D eigenvalue weighted by Crippen LogP contribution is 2.17. The van der Waals surface area contributed by atoms with E-state index in [1.165, 1.54) is 16.4 Å². The number of aromatic nitrogens is 3. The van der Waals surface area contributed by atoms with Crippen molar-refractivity contribution in [2.75, 3.05) is 22.3 Å². The zero-order chi connectivity index (χ0) is 19.9. The zero-order valence-electron chi connectivity index (χ0n) is 15.0. The van der Waals surface area contributed by atoms with Gasteiger partial charge in [-0.25, -0.2) is 10.1 Å². The Hall–Kier alpha value is -2.85. The summed E-state index contributed by atoms with van der Waals surface area (Å²) in [5, 5.41) is 15.2. The number of benzene rings is 2. The van der Waals surface area contributed by atoms with E-state index in [2.05, 4.69) is 42.0 Å². The number of nitrogen functional groups attached to an aromatic ring is 1. The smallest absolute Gasteiger partial charge is 0.264 e. The van der Waals surface area contributed by atoms with Gasteiger partial charge in [0.05, 0.1) is 12.0 Å². The number of carbonyl (C=O) groups is 1. The van der Waals surface area contributed by atoms with Gasteiger partial charge in [0.15, 0.2) is 0 Å². The second-order valence-corrected chi connectivity index (χ2v) is 7.66. The van der Waals surface area contributed by atoms with E-state index < -0.39 is 0 Å². The third-order valence-corrected chi connectivity index (χ3v) is 5.00. The van der Waals surface area contributed by atoms with E-state index in [1.54, 1.807) is 6.21 Å². The molecular formula is C18H18BrN7OS. The van der Waals surface area contributed by atoms with Gasteiger partial charge in [-0.05, 0) is 36.8 Å². The molecule has 10 heteroatoms. The van der Waals surface area contributed by atoms with Crippen LogP contribution in [0.1, 0.15) is 11.1 Å². The van der Waals surface area contributed by atoms with E-state index >= 15 is 0 Å². The monoisotopic (exact) mass is 459 g/mol. The molecule has 0 bridgehead atoms. The molecular weight excluding hydrogens is 442 g/mol. The number of halogens is 1. The van der Waals surface area contributed by atoms with E-state index in [0.29, 0.717) is 5.16 Å². The highest BCUT2D eigenvalue weighted by Gasteiger charge is 2.12. The minimum Gasteiger partial charge on any atom is -0.334 e. The van der Waals surface area contributed by atoms with Gasteiger partial charge in [0.2, 0.25) is 11.1 Å². The first-order valence-corrected chi connectivity index (χ1v) is 10.0. The lowest BCUT2D eigenvalue weighted by Gasteiger charge is -2.05. The Kier molecular flexibility index (Phi) is 6.66. The lowest BCUT2D eigenvalue weighted by Crippen LogP contribution is -2.16. The first kappa shape index (κ1) is 19.9. The molecule has 0 spiro atoms. The van der Waals surface area contributed by atoms with Gasteiger partial charge >= 0.3 is 0 Å². The quantitative estimate of drug-likeness (QED) is 0.216. The van der Waals surface area contributed by atoms with Gasteiger partial charge in [-0.3, -0.25) is 4.79 Å². The van der Waals surface area contributed by atoms with E-state index in [4.69, 9.17) is 5.84 Å². The highest BCUT2D eigenvalue weighted by molar-refractivity contribution is 9.10. The van der Waals surface area contributed by atoms with Crippen LogP contribution in [0, 0.1) is 6.92 Å². The average Bonchev–Trinajstić information content (AvgIpc) is 3.02. The van der Waals surface area contributed by atoms with Crippen molar-refractivity contribution in [2.45, 2.75) is 12.1 Å². The first-order valence-electron chi connectivity index (χ1n) is 8.26. The molecule has 28 heavy (non-hydrogen) atoms. The molecule has 0 saturated carbocycles. The predicted octanol–water partition coefficient (Wildman–Crippen LogP) is 3.24. The summed E-state index contributed by atoms with van der Waals surface area (Å²) in [7, 11) is 0. The van der Waals surface area contributed by atoms with Crippen molar-refractivity contribution >= 4 is 51.4 Å². The highest BCUT2D eigenvalue weighted by atomic mass is 79.9. The van der Waals surface area contributed by atoms with Gasteiger partial charge in [-0.15, -0.1) is 10.2 Å². The van der Waals surface area contributed by atoms with Crippen LogP contribution in [0.2, 0.25) is 0 Å². The maximum Gasteiger partial charge on any atom is 0.264 e. The van der Waals surface area contributed by atoms with Crippen LogP contribution < -0.4 is 16.6 Å². The van der Waals surface area contributed by atoms with Crippen molar-refractivity contribution < 1.29 is 4.79 Å². The number of anilines is 2. The molecule has 0 unspecified atom stereocenters. The first-order chi connectivity index (χ1) is 13.5. The maximum absolute atomic E-state index is 12.1. The largest absolute Gasteiger partial charge is 0.334 e. The molecule has 1 amide bonds. The van der Waals surface area contributed by atoms with Crippen molar-refractivity contribution in [1.82, 2.24) is 14.9 Å². The fourth-order valence-electron chi connectivity index (χ4n) is 2.17. The van der Waals surface area contributed by atoms with E-state index in [-0.39, 0.29) is 17.6 Å². The molecule has 3 rings (SSSR count). The molecule has 0 aliphatic heterocycles. The Bertz CT molecular complexity index is 988. The molecule has 0 saturated heterocycles.